The first-order valence-corrected chi connectivity index (χ1v) is 7.40. The average Bonchev–Trinajstić information content (AvgIpc) is 2.82. The Hall–Kier alpha value is -0.830. The van der Waals surface area contributed by atoms with Crippen molar-refractivity contribution in [2.75, 3.05) is 6.54 Å². The van der Waals surface area contributed by atoms with Crippen molar-refractivity contribution in [1.82, 2.24) is 14.9 Å². The van der Waals surface area contributed by atoms with Crippen LogP contribution < -0.4 is 5.32 Å². The smallest absolute Gasteiger partial charge is 0.0951 e. The third kappa shape index (κ3) is 4.81. The molecule has 1 N–H and O–H groups in total. The van der Waals surface area contributed by atoms with Gasteiger partial charge in [0.25, 0.3) is 0 Å². The van der Waals surface area contributed by atoms with Gasteiger partial charge in [0.1, 0.15) is 0 Å². The first kappa shape index (κ1) is 15.2. The van der Waals surface area contributed by atoms with E-state index < -0.39 is 0 Å². The molecule has 1 aromatic rings. The number of nitrogens with one attached hydrogen (secondary N) is 1. The fourth-order valence-electron chi connectivity index (χ4n) is 2.28. The maximum atomic E-state index is 4.23. The van der Waals surface area contributed by atoms with Crippen molar-refractivity contribution < 1.29 is 0 Å². The van der Waals surface area contributed by atoms with Crippen LogP contribution in [0.1, 0.15) is 65.1 Å². The number of unbranched alkanes of at least 4 members (excludes halogenated alkanes) is 1. The summed E-state index contributed by atoms with van der Waals surface area (Å²) < 4.78 is 2.24. The Balaban J connectivity index is 2.33. The number of imidazole rings is 1. The van der Waals surface area contributed by atoms with Crippen molar-refractivity contribution in [3.8, 4) is 0 Å². The van der Waals surface area contributed by atoms with E-state index in [2.05, 4.69) is 42.6 Å². The average molecular weight is 251 g/mol. The Morgan fingerprint density at radius 3 is 2.72 bits per heavy atom. The molecule has 1 unspecified atom stereocenters. The second-order valence-corrected chi connectivity index (χ2v) is 5.43. The molecule has 0 spiro atoms. The maximum absolute atomic E-state index is 4.23. The van der Waals surface area contributed by atoms with Gasteiger partial charge in [0.2, 0.25) is 0 Å². The molecular formula is C15H29N3. The van der Waals surface area contributed by atoms with E-state index in [-0.39, 0.29) is 0 Å². The van der Waals surface area contributed by atoms with E-state index in [0.29, 0.717) is 6.04 Å². The summed E-state index contributed by atoms with van der Waals surface area (Å²) in [7, 11) is 0. The molecule has 0 aromatic carbocycles. The zero-order valence-corrected chi connectivity index (χ0v) is 12.4. The topological polar surface area (TPSA) is 29.9 Å². The maximum Gasteiger partial charge on any atom is 0.0951 e. The van der Waals surface area contributed by atoms with E-state index in [0.717, 1.165) is 19.0 Å². The number of nitrogens with zero attached hydrogens (tertiary/aromatic N) is 2. The fraction of sp³-hybridized carbons (Fsp3) is 0.800. The summed E-state index contributed by atoms with van der Waals surface area (Å²) in [5, 5.41) is 3.58. The van der Waals surface area contributed by atoms with E-state index in [1.54, 1.807) is 0 Å². The quantitative estimate of drug-likeness (QED) is 0.724. The molecule has 1 heterocycles. The van der Waals surface area contributed by atoms with E-state index in [9.17, 15) is 0 Å². The molecule has 0 fully saturated rings. The minimum atomic E-state index is 0.492. The lowest BCUT2D eigenvalue weighted by Crippen LogP contribution is -2.23. The second-order valence-electron chi connectivity index (χ2n) is 5.43. The number of hydrogen-bond donors (Lipinski definition) is 1. The van der Waals surface area contributed by atoms with Crippen LogP contribution in [-0.4, -0.2) is 16.1 Å². The van der Waals surface area contributed by atoms with Gasteiger partial charge in [-0.05, 0) is 32.7 Å². The summed E-state index contributed by atoms with van der Waals surface area (Å²) in [6.45, 7) is 11.0. The van der Waals surface area contributed by atoms with E-state index in [4.69, 9.17) is 0 Å². The molecule has 0 bridgehead atoms. The summed E-state index contributed by atoms with van der Waals surface area (Å²) in [5.74, 6) is 0.820. The van der Waals surface area contributed by atoms with Crippen molar-refractivity contribution in [1.29, 1.82) is 0 Å². The van der Waals surface area contributed by atoms with Gasteiger partial charge in [-0.15, -0.1) is 0 Å². The summed E-state index contributed by atoms with van der Waals surface area (Å²) >= 11 is 0. The highest BCUT2D eigenvalue weighted by Crippen LogP contribution is 2.12. The monoisotopic (exact) mass is 251 g/mol. The third-order valence-electron chi connectivity index (χ3n) is 3.59. The first-order valence-electron chi connectivity index (χ1n) is 7.40. The summed E-state index contributed by atoms with van der Waals surface area (Å²) in [5.41, 5.74) is 1.29. The van der Waals surface area contributed by atoms with Gasteiger partial charge in [0.05, 0.1) is 12.0 Å². The predicted octanol–water partition coefficient (Wildman–Crippen LogP) is 3.77. The molecule has 3 nitrogen and oxygen atoms in total. The summed E-state index contributed by atoms with van der Waals surface area (Å²) in [6.07, 6.45) is 9.18. The molecule has 0 aliphatic rings. The highest BCUT2D eigenvalue weighted by Gasteiger charge is 2.07. The molecule has 1 aromatic heterocycles. The molecule has 0 aliphatic carbocycles. The molecule has 0 aliphatic heterocycles. The highest BCUT2D eigenvalue weighted by molar-refractivity contribution is 4.99. The molecule has 1 rings (SSSR count). The fourth-order valence-corrected chi connectivity index (χ4v) is 2.28. The van der Waals surface area contributed by atoms with Crippen molar-refractivity contribution in [2.45, 2.75) is 66.0 Å². The van der Waals surface area contributed by atoms with E-state index >= 15 is 0 Å². The molecule has 1 atom stereocenters. The van der Waals surface area contributed by atoms with Crippen LogP contribution >= 0.6 is 0 Å². The first-order chi connectivity index (χ1) is 8.69. The van der Waals surface area contributed by atoms with Crippen molar-refractivity contribution in [3.05, 3.63) is 18.2 Å². The molecule has 0 amide bonds. The second kappa shape index (κ2) is 8.30. The van der Waals surface area contributed by atoms with Crippen LogP contribution in [0.3, 0.4) is 0 Å². The Labute approximate surface area is 112 Å². The van der Waals surface area contributed by atoms with Gasteiger partial charge in [-0.25, -0.2) is 4.98 Å². The number of rotatable bonds is 9. The van der Waals surface area contributed by atoms with Crippen LogP contribution in [0.5, 0.6) is 0 Å². The Morgan fingerprint density at radius 1 is 1.33 bits per heavy atom. The van der Waals surface area contributed by atoms with Crippen LogP contribution in [-0.2, 0) is 6.54 Å². The SMILES string of the molecule is CCCCC(CC)CNCc1cncn1C(C)C. The zero-order chi connectivity index (χ0) is 13.4. The standard InChI is InChI=1S/C15H29N3/c1-5-7-8-14(6-2)9-16-10-15-11-17-12-18(15)13(3)4/h11-14,16H,5-10H2,1-4H3. The van der Waals surface area contributed by atoms with Crippen LogP contribution in [0.2, 0.25) is 0 Å². The third-order valence-corrected chi connectivity index (χ3v) is 3.59. The van der Waals surface area contributed by atoms with Gasteiger partial charge < -0.3 is 9.88 Å². The van der Waals surface area contributed by atoms with Crippen LogP contribution in [0.4, 0.5) is 0 Å². The van der Waals surface area contributed by atoms with Gasteiger partial charge in [-0.3, -0.25) is 0 Å². The summed E-state index contributed by atoms with van der Waals surface area (Å²) in [6, 6.07) is 0.492. The number of aromatic nitrogens is 2. The van der Waals surface area contributed by atoms with Crippen molar-refractivity contribution in [2.24, 2.45) is 5.92 Å². The van der Waals surface area contributed by atoms with Gasteiger partial charge in [0, 0.05) is 18.8 Å². The lowest BCUT2D eigenvalue weighted by molar-refractivity contribution is 0.414. The minimum Gasteiger partial charge on any atom is -0.331 e. The van der Waals surface area contributed by atoms with Gasteiger partial charge in [-0.1, -0.05) is 33.1 Å². The number of hydrogen-bond acceptors (Lipinski definition) is 2. The Bertz CT molecular complexity index is 317. The van der Waals surface area contributed by atoms with Gasteiger partial charge >= 0.3 is 0 Å². The Morgan fingerprint density at radius 2 is 2.11 bits per heavy atom. The molecule has 0 radical (unpaired) electrons. The van der Waals surface area contributed by atoms with Crippen LogP contribution in [0, 0.1) is 5.92 Å². The molecule has 0 saturated carbocycles. The highest BCUT2D eigenvalue weighted by atomic mass is 15.1. The van der Waals surface area contributed by atoms with Gasteiger partial charge in [-0.2, -0.15) is 0 Å². The lowest BCUT2D eigenvalue weighted by atomic mass is 9.99. The molecule has 3 heteroatoms. The largest absolute Gasteiger partial charge is 0.331 e. The normalized spacial score (nSPS) is 13.2. The van der Waals surface area contributed by atoms with E-state index in [1.807, 2.05) is 12.5 Å². The zero-order valence-electron chi connectivity index (χ0n) is 12.4. The van der Waals surface area contributed by atoms with Crippen LogP contribution in [0.25, 0.3) is 0 Å². The molecular weight excluding hydrogens is 222 g/mol. The predicted molar refractivity (Wildman–Crippen MR) is 77.6 cm³/mol. The van der Waals surface area contributed by atoms with Gasteiger partial charge in [0.15, 0.2) is 0 Å². The van der Waals surface area contributed by atoms with Crippen molar-refractivity contribution >= 4 is 0 Å². The molecule has 0 saturated heterocycles. The minimum absolute atomic E-state index is 0.492. The Kier molecular flexibility index (Phi) is 7.02. The lowest BCUT2D eigenvalue weighted by Gasteiger charge is -2.16. The molecule has 18 heavy (non-hydrogen) atoms. The van der Waals surface area contributed by atoms with Crippen molar-refractivity contribution in [3.63, 3.8) is 0 Å². The summed E-state index contributed by atoms with van der Waals surface area (Å²) in [4.78, 5) is 4.23. The molecule has 104 valence electrons. The van der Waals surface area contributed by atoms with Crippen LogP contribution in [0.15, 0.2) is 12.5 Å². The van der Waals surface area contributed by atoms with E-state index in [1.165, 1.54) is 31.4 Å².